The molecule has 1 amide bonds. The summed E-state index contributed by atoms with van der Waals surface area (Å²) < 4.78 is 39.9. The van der Waals surface area contributed by atoms with Crippen molar-refractivity contribution >= 4 is 33.4 Å². The highest BCUT2D eigenvalue weighted by Crippen LogP contribution is 2.29. The number of hydrogen-bond donors (Lipinski definition) is 1. The van der Waals surface area contributed by atoms with E-state index in [4.69, 9.17) is 5.11 Å². The Labute approximate surface area is 148 Å². The van der Waals surface area contributed by atoms with Crippen molar-refractivity contribution in [2.75, 3.05) is 0 Å². The fourth-order valence-corrected chi connectivity index (χ4v) is 3.38. The summed E-state index contributed by atoms with van der Waals surface area (Å²) in [4.78, 5) is 27.5. The lowest BCUT2D eigenvalue weighted by atomic mass is 10.1. The molecule has 0 fully saturated rings. The highest BCUT2D eigenvalue weighted by Gasteiger charge is 2.30. The van der Waals surface area contributed by atoms with Crippen LogP contribution in [0, 0.1) is 0 Å². The molecule has 26 heavy (non-hydrogen) atoms. The molecule has 0 bridgehead atoms. The Balaban J connectivity index is 2.04. The largest absolute Gasteiger partial charge is 0.480 e. The third-order valence-electron chi connectivity index (χ3n) is 3.54. The van der Waals surface area contributed by atoms with E-state index in [2.05, 4.69) is 4.99 Å². The molecule has 9 heteroatoms. The van der Waals surface area contributed by atoms with Crippen molar-refractivity contribution in [3.8, 4) is 0 Å². The fourth-order valence-electron chi connectivity index (χ4n) is 2.35. The summed E-state index contributed by atoms with van der Waals surface area (Å²) in [7, 11) is 0. The minimum atomic E-state index is -4.49. The second-order valence-electron chi connectivity index (χ2n) is 5.32. The fraction of sp³-hybridized carbons (Fsp3) is 0.118. The van der Waals surface area contributed by atoms with Crippen molar-refractivity contribution in [1.82, 2.24) is 4.57 Å². The van der Waals surface area contributed by atoms with Crippen LogP contribution in [0.5, 0.6) is 0 Å². The maximum Gasteiger partial charge on any atom is 0.416 e. The van der Waals surface area contributed by atoms with Gasteiger partial charge in [-0.3, -0.25) is 9.59 Å². The number of halogens is 3. The predicted molar refractivity (Wildman–Crippen MR) is 88.8 cm³/mol. The van der Waals surface area contributed by atoms with Crippen LogP contribution in [-0.4, -0.2) is 21.6 Å². The van der Waals surface area contributed by atoms with Gasteiger partial charge in [0.1, 0.15) is 6.54 Å². The van der Waals surface area contributed by atoms with Crippen LogP contribution in [0.25, 0.3) is 10.2 Å². The third kappa shape index (κ3) is 3.67. The van der Waals surface area contributed by atoms with Gasteiger partial charge in [-0.15, -0.1) is 0 Å². The number of alkyl halides is 3. The molecule has 0 aliphatic rings. The second kappa shape index (κ2) is 6.75. The number of thiazole rings is 1. The van der Waals surface area contributed by atoms with E-state index in [1.807, 2.05) is 0 Å². The van der Waals surface area contributed by atoms with Crippen molar-refractivity contribution < 1.29 is 27.9 Å². The van der Waals surface area contributed by atoms with Gasteiger partial charge in [0.2, 0.25) is 0 Å². The number of amides is 1. The molecule has 0 aliphatic heterocycles. The van der Waals surface area contributed by atoms with Gasteiger partial charge in [0, 0.05) is 5.56 Å². The normalized spacial score (nSPS) is 12.5. The predicted octanol–water partition coefficient (Wildman–Crippen LogP) is 3.55. The van der Waals surface area contributed by atoms with Crippen LogP contribution >= 0.6 is 11.3 Å². The molecule has 3 aromatic rings. The smallest absolute Gasteiger partial charge is 0.416 e. The average Bonchev–Trinajstić information content (AvgIpc) is 2.91. The Hall–Kier alpha value is -2.94. The first-order valence-corrected chi connectivity index (χ1v) is 8.14. The topological polar surface area (TPSA) is 71.7 Å². The van der Waals surface area contributed by atoms with Crippen molar-refractivity contribution in [2.24, 2.45) is 4.99 Å². The zero-order chi connectivity index (χ0) is 18.9. The summed E-state index contributed by atoms with van der Waals surface area (Å²) in [5.74, 6) is -1.85. The van der Waals surface area contributed by atoms with E-state index in [1.165, 1.54) is 4.57 Å². The van der Waals surface area contributed by atoms with Crippen molar-refractivity contribution in [1.29, 1.82) is 0 Å². The molecular weight excluding hydrogens is 369 g/mol. The number of hydrogen-bond acceptors (Lipinski definition) is 3. The maximum atomic E-state index is 12.6. The molecule has 0 spiro atoms. The van der Waals surface area contributed by atoms with Crippen LogP contribution in [0.15, 0.2) is 53.5 Å². The van der Waals surface area contributed by atoms with Crippen molar-refractivity contribution in [2.45, 2.75) is 12.7 Å². The Morgan fingerprint density at radius 1 is 1.08 bits per heavy atom. The van der Waals surface area contributed by atoms with E-state index in [0.717, 1.165) is 40.3 Å². The van der Waals surface area contributed by atoms with Crippen molar-refractivity contribution in [3.05, 3.63) is 64.5 Å². The summed E-state index contributed by atoms with van der Waals surface area (Å²) in [5, 5.41) is 9.08. The summed E-state index contributed by atoms with van der Waals surface area (Å²) in [6, 6.07) is 10.7. The molecule has 0 saturated heterocycles. The lowest BCUT2D eigenvalue weighted by Crippen LogP contribution is -2.21. The van der Waals surface area contributed by atoms with E-state index in [0.29, 0.717) is 5.52 Å². The number of fused-ring (bicyclic) bond motifs is 1. The molecule has 5 nitrogen and oxygen atoms in total. The van der Waals surface area contributed by atoms with Crippen LogP contribution in [0.3, 0.4) is 0 Å². The number of nitrogens with zero attached hydrogens (tertiary/aromatic N) is 2. The Morgan fingerprint density at radius 2 is 1.73 bits per heavy atom. The molecular formula is C17H11F3N2O3S. The molecule has 0 atom stereocenters. The van der Waals surface area contributed by atoms with Crippen LogP contribution in [-0.2, 0) is 17.5 Å². The zero-order valence-corrected chi connectivity index (χ0v) is 13.8. The van der Waals surface area contributed by atoms with Gasteiger partial charge in [-0.25, -0.2) is 0 Å². The van der Waals surface area contributed by atoms with Gasteiger partial charge in [-0.05, 0) is 36.4 Å². The van der Waals surface area contributed by atoms with E-state index in [-0.39, 0.29) is 16.9 Å². The summed E-state index contributed by atoms with van der Waals surface area (Å²) in [6.07, 6.45) is -4.49. The highest BCUT2D eigenvalue weighted by atomic mass is 32.1. The number of carboxylic acids is 1. The summed E-state index contributed by atoms with van der Waals surface area (Å²) in [6.45, 7) is -0.386. The minimum Gasteiger partial charge on any atom is -0.480 e. The van der Waals surface area contributed by atoms with Crippen LogP contribution in [0.4, 0.5) is 13.2 Å². The number of rotatable bonds is 3. The zero-order valence-electron chi connectivity index (χ0n) is 13.0. The number of carbonyl (C=O) groups excluding carboxylic acids is 1. The maximum absolute atomic E-state index is 12.6. The average molecular weight is 380 g/mol. The second-order valence-corrected chi connectivity index (χ2v) is 6.33. The van der Waals surface area contributed by atoms with Gasteiger partial charge in [-0.2, -0.15) is 18.2 Å². The van der Waals surface area contributed by atoms with E-state index in [1.54, 1.807) is 24.3 Å². The summed E-state index contributed by atoms with van der Waals surface area (Å²) in [5.41, 5.74) is -0.270. The Bertz CT molecular complexity index is 1050. The van der Waals surface area contributed by atoms with Crippen molar-refractivity contribution in [3.63, 3.8) is 0 Å². The number of carbonyl (C=O) groups is 2. The van der Waals surface area contributed by atoms with Gasteiger partial charge in [0.25, 0.3) is 5.91 Å². The van der Waals surface area contributed by atoms with E-state index in [9.17, 15) is 22.8 Å². The lowest BCUT2D eigenvalue weighted by Gasteiger charge is -2.06. The molecule has 3 rings (SSSR count). The number of aromatic nitrogens is 1. The minimum absolute atomic E-state index is 0.0164. The first-order valence-electron chi connectivity index (χ1n) is 7.32. The highest BCUT2D eigenvalue weighted by molar-refractivity contribution is 7.16. The van der Waals surface area contributed by atoms with E-state index >= 15 is 0 Å². The van der Waals surface area contributed by atoms with Gasteiger partial charge >= 0.3 is 12.1 Å². The van der Waals surface area contributed by atoms with Gasteiger partial charge < -0.3 is 9.67 Å². The van der Waals surface area contributed by atoms with Crippen LogP contribution < -0.4 is 4.80 Å². The monoisotopic (exact) mass is 380 g/mol. The van der Waals surface area contributed by atoms with E-state index < -0.39 is 23.6 Å². The first-order chi connectivity index (χ1) is 12.3. The lowest BCUT2D eigenvalue weighted by molar-refractivity contribution is -0.138. The molecule has 0 aliphatic carbocycles. The molecule has 1 N–H and O–H groups in total. The first kappa shape index (κ1) is 17.9. The third-order valence-corrected chi connectivity index (χ3v) is 4.60. The van der Waals surface area contributed by atoms with Gasteiger partial charge in [0.05, 0.1) is 15.8 Å². The molecule has 0 unspecified atom stereocenters. The molecule has 2 aromatic carbocycles. The number of para-hydroxylation sites is 1. The SMILES string of the molecule is O=C(O)Cn1c(=NC(=O)c2ccc(C(F)(F)F)cc2)sc2ccccc21. The quantitative estimate of drug-likeness (QED) is 0.755. The molecule has 1 heterocycles. The Morgan fingerprint density at radius 3 is 2.35 bits per heavy atom. The Kier molecular flexibility index (Phi) is 4.64. The number of carboxylic acid groups (broad SMARTS) is 1. The van der Waals surface area contributed by atoms with Crippen LogP contribution in [0.2, 0.25) is 0 Å². The standard InChI is InChI=1S/C17H11F3N2O3S/c18-17(19,20)11-7-5-10(6-8-11)15(25)21-16-22(9-14(23)24)12-3-1-2-4-13(12)26-16/h1-8H,9H2,(H,23,24). The summed E-state index contributed by atoms with van der Waals surface area (Å²) >= 11 is 1.13. The van der Waals surface area contributed by atoms with Gasteiger partial charge in [0.15, 0.2) is 4.80 Å². The molecule has 1 aromatic heterocycles. The van der Waals surface area contributed by atoms with Crippen LogP contribution in [0.1, 0.15) is 15.9 Å². The molecule has 0 saturated carbocycles. The number of aliphatic carboxylic acids is 1. The van der Waals surface area contributed by atoms with Gasteiger partial charge in [-0.1, -0.05) is 23.5 Å². The number of benzene rings is 2. The molecule has 0 radical (unpaired) electrons. The molecule has 134 valence electrons.